The number of carbonyl (C=O) groups excluding carboxylic acids is 1. The molecule has 3 N–H and O–H groups in total. The van der Waals surface area contributed by atoms with E-state index in [9.17, 15) is 24.6 Å². The Labute approximate surface area is 191 Å². The average Bonchev–Trinajstić information content (AvgIpc) is 3.01. The molecule has 0 aliphatic heterocycles. The Hall–Kier alpha value is -2.82. The standard InChI is InChI=1S/C23H32N4O6/c1-16-7-8-17(27-22(31)26(20(29)12-25-27)13-18(28)14-33-2)11-19(16)21(30)24-15-23(32)9-5-3-4-6-10-23/h7-8,11-12,18,28,32H,3-6,9-10,13-15H2,1-2H3,(H,24,30). The van der Waals surface area contributed by atoms with Gasteiger partial charge in [0.05, 0.1) is 30.5 Å². The molecular weight excluding hydrogens is 428 g/mol. The molecule has 0 bridgehead atoms. The van der Waals surface area contributed by atoms with Crippen LogP contribution in [0.4, 0.5) is 0 Å². The van der Waals surface area contributed by atoms with Crippen LogP contribution in [0.1, 0.15) is 54.4 Å². The van der Waals surface area contributed by atoms with E-state index in [0.29, 0.717) is 29.7 Å². The van der Waals surface area contributed by atoms with Crippen LogP contribution in [0.2, 0.25) is 0 Å². The normalized spacial score (nSPS) is 16.7. The molecule has 1 aromatic carbocycles. The summed E-state index contributed by atoms with van der Waals surface area (Å²) in [5.41, 5.74) is -0.946. The number of benzene rings is 1. The number of nitrogens with zero attached hydrogens (tertiary/aromatic N) is 3. The summed E-state index contributed by atoms with van der Waals surface area (Å²) >= 11 is 0. The molecule has 3 rings (SSSR count). The van der Waals surface area contributed by atoms with Crippen molar-refractivity contribution in [1.82, 2.24) is 19.7 Å². The van der Waals surface area contributed by atoms with Crippen molar-refractivity contribution in [2.24, 2.45) is 0 Å². The Bertz CT molecular complexity index is 1090. The van der Waals surface area contributed by atoms with Crippen LogP contribution in [0.25, 0.3) is 5.69 Å². The van der Waals surface area contributed by atoms with Crippen LogP contribution in [0.3, 0.4) is 0 Å². The Kier molecular flexibility index (Phi) is 8.17. The topological polar surface area (TPSA) is 136 Å². The highest BCUT2D eigenvalue weighted by atomic mass is 16.5. The molecule has 10 nitrogen and oxygen atoms in total. The average molecular weight is 461 g/mol. The first-order valence-electron chi connectivity index (χ1n) is 11.2. The monoisotopic (exact) mass is 460 g/mol. The van der Waals surface area contributed by atoms with Crippen molar-refractivity contribution in [1.29, 1.82) is 0 Å². The van der Waals surface area contributed by atoms with E-state index in [1.54, 1.807) is 19.1 Å². The summed E-state index contributed by atoms with van der Waals surface area (Å²) in [5.74, 6) is -0.357. The van der Waals surface area contributed by atoms with Gasteiger partial charge in [-0.2, -0.15) is 9.78 Å². The molecule has 1 heterocycles. The van der Waals surface area contributed by atoms with Crippen molar-refractivity contribution >= 4 is 5.91 Å². The van der Waals surface area contributed by atoms with Gasteiger partial charge in [-0.05, 0) is 37.5 Å². The number of methoxy groups -OCH3 is 1. The van der Waals surface area contributed by atoms with Crippen molar-refractivity contribution in [3.8, 4) is 5.69 Å². The van der Waals surface area contributed by atoms with Gasteiger partial charge in [0.25, 0.3) is 11.5 Å². The van der Waals surface area contributed by atoms with Gasteiger partial charge in [-0.3, -0.25) is 14.2 Å². The predicted octanol–water partition coefficient (Wildman–Crippen LogP) is 0.525. The number of hydrogen-bond acceptors (Lipinski definition) is 7. The number of hydrogen-bond donors (Lipinski definition) is 3. The SMILES string of the molecule is COCC(O)Cn1c(=O)cnn(-c2ccc(C)c(C(=O)NCC3(O)CCCCCC3)c2)c1=O. The van der Waals surface area contributed by atoms with Crippen molar-refractivity contribution in [3.63, 3.8) is 0 Å². The van der Waals surface area contributed by atoms with E-state index in [-0.39, 0.29) is 25.6 Å². The van der Waals surface area contributed by atoms with Crippen LogP contribution in [0.5, 0.6) is 0 Å². The van der Waals surface area contributed by atoms with E-state index in [1.165, 1.54) is 13.2 Å². The molecular formula is C23H32N4O6. The quantitative estimate of drug-likeness (QED) is 0.489. The van der Waals surface area contributed by atoms with Gasteiger partial charge in [-0.15, -0.1) is 0 Å². The smallest absolute Gasteiger partial charge is 0.352 e. The minimum atomic E-state index is -1.04. The van der Waals surface area contributed by atoms with Gasteiger partial charge in [-0.1, -0.05) is 31.7 Å². The molecule has 1 amide bonds. The van der Waals surface area contributed by atoms with Gasteiger partial charge < -0.3 is 20.3 Å². The van der Waals surface area contributed by atoms with Crippen molar-refractivity contribution in [2.75, 3.05) is 20.3 Å². The Morgan fingerprint density at radius 2 is 1.94 bits per heavy atom. The number of rotatable bonds is 8. The van der Waals surface area contributed by atoms with Crippen molar-refractivity contribution < 1.29 is 19.7 Å². The number of carbonyl (C=O) groups is 1. The zero-order valence-electron chi connectivity index (χ0n) is 19.1. The lowest BCUT2D eigenvalue weighted by atomic mass is 9.94. The van der Waals surface area contributed by atoms with Gasteiger partial charge in [0.1, 0.15) is 6.20 Å². The van der Waals surface area contributed by atoms with Gasteiger partial charge in [0, 0.05) is 19.2 Å². The molecule has 2 aromatic rings. The van der Waals surface area contributed by atoms with Crippen LogP contribution in [-0.2, 0) is 11.3 Å². The van der Waals surface area contributed by atoms with E-state index in [2.05, 4.69) is 10.4 Å². The Morgan fingerprint density at radius 3 is 2.61 bits per heavy atom. The third-order valence-corrected chi connectivity index (χ3v) is 6.04. The maximum Gasteiger partial charge on any atom is 0.352 e. The summed E-state index contributed by atoms with van der Waals surface area (Å²) in [4.78, 5) is 37.9. The van der Waals surface area contributed by atoms with Crippen LogP contribution < -0.4 is 16.6 Å². The number of aliphatic hydroxyl groups is 2. The van der Waals surface area contributed by atoms with E-state index in [1.807, 2.05) is 0 Å². The number of aliphatic hydroxyl groups excluding tert-OH is 1. The summed E-state index contributed by atoms with van der Waals surface area (Å²) < 4.78 is 6.74. The number of nitrogens with one attached hydrogen (secondary N) is 1. The lowest BCUT2D eigenvalue weighted by Crippen LogP contribution is -2.43. The number of aryl methyl sites for hydroxylation is 1. The lowest BCUT2D eigenvalue weighted by Gasteiger charge is -2.27. The largest absolute Gasteiger partial charge is 0.389 e. The zero-order valence-corrected chi connectivity index (χ0v) is 19.1. The zero-order chi connectivity index (χ0) is 24.0. The molecule has 180 valence electrons. The van der Waals surface area contributed by atoms with E-state index < -0.39 is 23.0 Å². The first kappa shape index (κ1) is 24.8. The van der Waals surface area contributed by atoms with Crippen LogP contribution >= 0.6 is 0 Å². The number of aromatic nitrogens is 3. The van der Waals surface area contributed by atoms with Crippen LogP contribution in [0.15, 0.2) is 34.0 Å². The lowest BCUT2D eigenvalue weighted by molar-refractivity contribution is 0.0246. The molecule has 1 aliphatic carbocycles. The van der Waals surface area contributed by atoms with E-state index in [0.717, 1.165) is 41.1 Å². The van der Waals surface area contributed by atoms with Crippen LogP contribution in [-0.4, -0.2) is 62.4 Å². The number of amides is 1. The molecule has 1 aromatic heterocycles. The molecule has 0 saturated heterocycles. The van der Waals surface area contributed by atoms with Gasteiger partial charge >= 0.3 is 5.69 Å². The minimum absolute atomic E-state index is 0.0323. The Morgan fingerprint density at radius 1 is 1.24 bits per heavy atom. The third-order valence-electron chi connectivity index (χ3n) is 6.04. The van der Waals surface area contributed by atoms with E-state index in [4.69, 9.17) is 4.74 Å². The molecule has 1 saturated carbocycles. The first-order valence-corrected chi connectivity index (χ1v) is 11.2. The molecule has 0 radical (unpaired) electrons. The second kappa shape index (κ2) is 10.9. The molecule has 1 aliphatic rings. The molecule has 0 spiro atoms. The third kappa shape index (κ3) is 6.16. The minimum Gasteiger partial charge on any atom is -0.389 e. The highest BCUT2D eigenvalue weighted by molar-refractivity contribution is 5.96. The molecule has 1 fully saturated rings. The predicted molar refractivity (Wildman–Crippen MR) is 122 cm³/mol. The van der Waals surface area contributed by atoms with Crippen molar-refractivity contribution in [3.05, 3.63) is 56.4 Å². The number of ether oxygens (including phenoxy) is 1. The van der Waals surface area contributed by atoms with Crippen molar-refractivity contribution in [2.45, 2.75) is 63.7 Å². The summed E-state index contributed by atoms with van der Waals surface area (Å²) in [5, 5.41) is 27.5. The van der Waals surface area contributed by atoms with E-state index >= 15 is 0 Å². The summed E-state index contributed by atoms with van der Waals surface area (Å²) in [6.45, 7) is 1.66. The fourth-order valence-corrected chi connectivity index (χ4v) is 4.13. The molecule has 1 unspecified atom stereocenters. The summed E-state index contributed by atoms with van der Waals surface area (Å²) in [6, 6.07) is 4.84. The summed E-state index contributed by atoms with van der Waals surface area (Å²) in [6.07, 6.45) is 5.30. The fraction of sp³-hybridized carbons (Fsp3) is 0.565. The molecule has 33 heavy (non-hydrogen) atoms. The summed E-state index contributed by atoms with van der Waals surface area (Å²) in [7, 11) is 1.41. The molecule has 10 heteroatoms. The van der Waals surface area contributed by atoms with Gasteiger partial charge in [-0.25, -0.2) is 4.79 Å². The first-order chi connectivity index (χ1) is 15.7. The van der Waals surface area contributed by atoms with Crippen LogP contribution in [0, 0.1) is 6.92 Å². The van der Waals surface area contributed by atoms with Gasteiger partial charge in [0.15, 0.2) is 0 Å². The van der Waals surface area contributed by atoms with Gasteiger partial charge in [0.2, 0.25) is 0 Å². The second-order valence-corrected chi connectivity index (χ2v) is 8.72. The maximum atomic E-state index is 12.9. The fourth-order valence-electron chi connectivity index (χ4n) is 4.13. The maximum absolute atomic E-state index is 12.9. The highest BCUT2D eigenvalue weighted by Crippen LogP contribution is 2.26. The Balaban J connectivity index is 1.84. The second-order valence-electron chi connectivity index (χ2n) is 8.72. The highest BCUT2D eigenvalue weighted by Gasteiger charge is 2.28. The molecule has 1 atom stereocenters.